The molecule has 1 aliphatic rings. The lowest BCUT2D eigenvalue weighted by molar-refractivity contribution is -0.130. The fraction of sp³-hybridized carbons (Fsp3) is 0.706. The Labute approximate surface area is 142 Å². The lowest BCUT2D eigenvalue weighted by Crippen LogP contribution is -2.42. The summed E-state index contributed by atoms with van der Waals surface area (Å²) in [4.78, 5) is 25.7. The van der Waals surface area contributed by atoms with Crippen LogP contribution in [0.3, 0.4) is 0 Å². The van der Waals surface area contributed by atoms with Crippen LogP contribution >= 0.6 is 0 Å². The molecule has 1 aromatic rings. The molecule has 0 aromatic carbocycles. The van der Waals surface area contributed by atoms with Gasteiger partial charge >= 0.3 is 0 Å². The first-order chi connectivity index (χ1) is 11.4. The van der Waals surface area contributed by atoms with Crippen molar-refractivity contribution in [2.24, 2.45) is 18.9 Å². The molecule has 134 valence electrons. The van der Waals surface area contributed by atoms with Gasteiger partial charge in [-0.2, -0.15) is 5.10 Å². The van der Waals surface area contributed by atoms with Gasteiger partial charge in [0.1, 0.15) is 6.10 Å². The topological polar surface area (TPSA) is 87.5 Å². The fourth-order valence-electron chi connectivity index (χ4n) is 2.94. The lowest BCUT2D eigenvalue weighted by atomic mass is 9.96. The molecule has 2 rings (SSSR count). The van der Waals surface area contributed by atoms with Crippen LogP contribution < -0.4 is 15.8 Å². The second-order valence-electron chi connectivity index (χ2n) is 7.00. The van der Waals surface area contributed by atoms with Crippen LogP contribution in [0.1, 0.15) is 33.1 Å². The first-order valence-corrected chi connectivity index (χ1v) is 8.61. The SMILES string of the molecule is CC(C)C[C@@H](O)C(=O)NCC1CCN(c2cnn(C)c(=O)c2)CC1. The number of aliphatic hydroxyl groups is 1. The van der Waals surface area contributed by atoms with Crippen LogP contribution in [0.5, 0.6) is 0 Å². The molecule has 2 heterocycles. The number of aromatic nitrogens is 2. The molecule has 1 fully saturated rings. The summed E-state index contributed by atoms with van der Waals surface area (Å²) in [6.45, 7) is 6.24. The molecule has 1 atom stereocenters. The first kappa shape index (κ1) is 18.4. The van der Waals surface area contributed by atoms with Crippen LogP contribution in [0.15, 0.2) is 17.1 Å². The standard InChI is InChI=1S/C17H28N4O3/c1-12(2)8-15(22)17(24)18-10-13-4-6-21(7-5-13)14-9-16(23)20(3)19-11-14/h9,11-13,15,22H,4-8,10H2,1-3H3,(H,18,24)/t15-/m1/s1. The monoisotopic (exact) mass is 336 g/mol. The summed E-state index contributed by atoms with van der Waals surface area (Å²) in [7, 11) is 1.63. The predicted octanol–water partition coefficient (Wildman–Crippen LogP) is 0.520. The van der Waals surface area contributed by atoms with Gasteiger partial charge in [0.05, 0.1) is 11.9 Å². The number of nitrogens with zero attached hydrogens (tertiary/aromatic N) is 3. The highest BCUT2D eigenvalue weighted by Gasteiger charge is 2.22. The summed E-state index contributed by atoms with van der Waals surface area (Å²) in [6, 6.07) is 1.61. The number of anilines is 1. The summed E-state index contributed by atoms with van der Waals surface area (Å²) >= 11 is 0. The summed E-state index contributed by atoms with van der Waals surface area (Å²) in [6.07, 6.45) is 3.16. The molecule has 7 heteroatoms. The highest BCUT2D eigenvalue weighted by molar-refractivity contribution is 5.80. The van der Waals surface area contributed by atoms with Crippen molar-refractivity contribution in [2.45, 2.75) is 39.2 Å². The van der Waals surface area contributed by atoms with Crippen LogP contribution in [0.4, 0.5) is 5.69 Å². The van der Waals surface area contributed by atoms with Gasteiger partial charge in [0, 0.05) is 32.7 Å². The molecule has 0 radical (unpaired) electrons. The van der Waals surface area contributed by atoms with Gasteiger partial charge in [-0.05, 0) is 31.1 Å². The van der Waals surface area contributed by atoms with E-state index in [0.717, 1.165) is 31.6 Å². The Morgan fingerprint density at radius 1 is 1.42 bits per heavy atom. The van der Waals surface area contributed by atoms with Crippen LogP contribution in [0.2, 0.25) is 0 Å². The zero-order chi connectivity index (χ0) is 17.7. The van der Waals surface area contributed by atoms with E-state index in [4.69, 9.17) is 0 Å². The Balaban J connectivity index is 1.77. The molecule has 7 nitrogen and oxygen atoms in total. The molecule has 1 aromatic heterocycles. The highest BCUT2D eigenvalue weighted by atomic mass is 16.3. The largest absolute Gasteiger partial charge is 0.383 e. The Bertz CT molecular complexity index is 606. The summed E-state index contributed by atoms with van der Waals surface area (Å²) in [5.41, 5.74) is 0.744. The highest BCUT2D eigenvalue weighted by Crippen LogP contribution is 2.21. The number of hydrogen-bond acceptors (Lipinski definition) is 5. The summed E-state index contributed by atoms with van der Waals surface area (Å²) in [5.74, 6) is 0.416. The summed E-state index contributed by atoms with van der Waals surface area (Å²) in [5, 5.41) is 16.7. The molecule has 2 N–H and O–H groups in total. The Hall–Kier alpha value is -1.89. The maximum atomic E-state index is 11.9. The van der Waals surface area contributed by atoms with Crippen LogP contribution in [0, 0.1) is 11.8 Å². The number of aliphatic hydroxyl groups excluding tert-OH is 1. The third-order valence-electron chi connectivity index (χ3n) is 4.50. The molecule has 1 saturated heterocycles. The van der Waals surface area contributed by atoms with Crippen LogP contribution in [-0.4, -0.2) is 46.5 Å². The van der Waals surface area contributed by atoms with Gasteiger partial charge in [-0.1, -0.05) is 13.8 Å². The molecule has 1 amide bonds. The molecular weight excluding hydrogens is 308 g/mol. The Kier molecular flexibility index (Phi) is 6.36. The van der Waals surface area contributed by atoms with Crippen molar-refractivity contribution in [3.05, 3.63) is 22.6 Å². The molecule has 0 spiro atoms. The quantitative estimate of drug-likeness (QED) is 0.791. The smallest absolute Gasteiger partial charge is 0.268 e. The van der Waals surface area contributed by atoms with Crippen molar-refractivity contribution in [3.63, 3.8) is 0 Å². The maximum Gasteiger partial charge on any atom is 0.268 e. The van der Waals surface area contributed by atoms with Crippen molar-refractivity contribution in [3.8, 4) is 0 Å². The van der Waals surface area contributed by atoms with E-state index in [-0.39, 0.29) is 11.5 Å². The average Bonchev–Trinajstić information content (AvgIpc) is 2.55. The number of amides is 1. The molecular formula is C17H28N4O3. The van der Waals surface area contributed by atoms with Gasteiger partial charge in [-0.3, -0.25) is 9.59 Å². The minimum atomic E-state index is -0.920. The van der Waals surface area contributed by atoms with Crippen molar-refractivity contribution < 1.29 is 9.90 Å². The van der Waals surface area contributed by atoms with Crippen LogP contribution in [0.25, 0.3) is 0 Å². The van der Waals surface area contributed by atoms with Gasteiger partial charge in [-0.25, -0.2) is 4.68 Å². The summed E-state index contributed by atoms with van der Waals surface area (Å²) < 4.78 is 1.31. The van der Waals surface area contributed by atoms with Gasteiger partial charge in [0.25, 0.3) is 5.56 Å². The maximum absolute atomic E-state index is 11.9. The van der Waals surface area contributed by atoms with E-state index >= 15 is 0 Å². The van der Waals surface area contributed by atoms with E-state index < -0.39 is 6.10 Å². The number of carbonyl (C=O) groups is 1. The van der Waals surface area contributed by atoms with Crippen molar-refractivity contribution in [1.82, 2.24) is 15.1 Å². The van der Waals surface area contributed by atoms with Crippen LogP contribution in [-0.2, 0) is 11.8 Å². The Morgan fingerprint density at radius 2 is 2.08 bits per heavy atom. The van der Waals surface area contributed by atoms with E-state index in [1.807, 2.05) is 13.8 Å². The van der Waals surface area contributed by atoms with Crippen molar-refractivity contribution in [2.75, 3.05) is 24.5 Å². The molecule has 0 unspecified atom stereocenters. The number of hydrogen-bond donors (Lipinski definition) is 2. The average molecular weight is 336 g/mol. The van der Waals surface area contributed by atoms with E-state index in [1.165, 1.54) is 4.68 Å². The van der Waals surface area contributed by atoms with Gasteiger partial charge in [0.15, 0.2) is 0 Å². The van der Waals surface area contributed by atoms with E-state index in [9.17, 15) is 14.7 Å². The number of nitrogens with one attached hydrogen (secondary N) is 1. The molecule has 24 heavy (non-hydrogen) atoms. The molecule has 0 bridgehead atoms. The minimum Gasteiger partial charge on any atom is -0.383 e. The van der Waals surface area contributed by atoms with E-state index in [1.54, 1.807) is 19.3 Å². The van der Waals surface area contributed by atoms with Crippen molar-refractivity contribution >= 4 is 11.6 Å². The van der Waals surface area contributed by atoms with Gasteiger partial charge < -0.3 is 15.3 Å². The fourth-order valence-corrected chi connectivity index (χ4v) is 2.94. The van der Waals surface area contributed by atoms with E-state index in [2.05, 4.69) is 15.3 Å². The first-order valence-electron chi connectivity index (χ1n) is 8.61. The Morgan fingerprint density at radius 3 is 2.67 bits per heavy atom. The minimum absolute atomic E-state index is 0.110. The molecule has 0 saturated carbocycles. The molecule has 0 aliphatic carbocycles. The second-order valence-corrected chi connectivity index (χ2v) is 7.00. The normalized spacial score (nSPS) is 17.1. The predicted molar refractivity (Wildman–Crippen MR) is 92.9 cm³/mol. The lowest BCUT2D eigenvalue weighted by Gasteiger charge is -2.33. The number of piperidine rings is 1. The zero-order valence-electron chi connectivity index (χ0n) is 14.7. The third kappa shape index (κ3) is 5.06. The van der Waals surface area contributed by atoms with E-state index in [0.29, 0.717) is 24.8 Å². The number of aryl methyl sites for hydroxylation is 1. The molecule has 1 aliphatic heterocycles. The van der Waals surface area contributed by atoms with Gasteiger partial charge in [0.2, 0.25) is 5.91 Å². The number of carbonyl (C=O) groups excluding carboxylic acids is 1. The third-order valence-corrected chi connectivity index (χ3v) is 4.50. The van der Waals surface area contributed by atoms with Crippen molar-refractivity contribution in [1.29, 1.82) is 0 Å². The van der Waals surface area contributed by atoms with Gasteiger partial charge in [-0.15, -0.1) is 0 Å². The number of rotatable bonds is 6. The zero-order valence-corrected chi connectivity index (χ0v) is 14.7. The second kappa shape index (κ2) is 8.28.